The van der Waals surface area contributed by atoms with E-state index in [1.165, 1.54) is 12.1 Å². The number of benzene rings is 1. The van der Waals surface area contributed by atoms with E-state index >= 15 is 0 Å². The standard InChI is InChI=1S/C15H24FN3O2/c1-20-8-3-6-19(7-9-21-2)11-12-4-5-13(16)10-14(12)15(17)18/h4-5,10H,3,6-9,11H2,1-2H3,(H3,17,18). The summed E-state index contributed by atoms with van der Waals surface area (Å²) >= 11 is 0. The highest BCUT2D eigenvalue weighted by Gasteiger charge is 2.12. The predicted octanol–water partition coefficient (Wildman–Crippen LogP) is 1.59. The first-order valence-corrected chi connectivity index (χ1v) is 6.91. The van der Waals surface area contributed by atoms with Gasteiger partial charge in [0.15, 0.2) is 0 Å². The number of hydrogen-bond acceptors (Lipinski definition) is 4. The molecular formula is C15H24FN3O2. The van der Waals surface area contributed by atoms with Crippen molar-refractivity contribution in [1.29, 1.82) is 5.41 Å². The van der Waals surface area contributed by atoms with Crippen LogP contribution in [0.4, 0.5) is 4.39 Å². The highest BCUT2D eigenvalue weighted by Crippen LogP contribution is 2.14. The lowest BCUT2D eigenvalue weighted by molar-refractivity contribution is 0.129. The van der Waals surface area contributed by atoms with Crippen LogP contribution in [0, 0.1) is 11.2 Å². The molecule has 0 aliphatic heterocycles. The number of nitrogens with two attached hydrogens (primary N) is 1. The monoisotopic (exact) mass is 297 g/mol. The van der Waals surface area contributed by atoms with Gasteiger partial charge >= 0.3 is 0 Å². The molecule has 1 aromatic carbocycles. The average molecular weight is 297 g/mol. The minimum Gasteiger partial charge on any atom is -0.385 e. The molecule has 0 bridgehead atoms. The Morgan fingerprint density at radius 2 is 1.95 bits per heavy atom. The maximum Gasteiger partial charge on any atom is 0.123 e. The van der Waals surface area contributed by atoms with E-state index in [1.54, 1.807) is 20.3 Å². The van der Waals surface area contributed by atoms with Crippen LogP contribution in [0.5, 0.6) is 0 Å². The largest absolute Gasteiger partial charge is 0.385 e. The molecule has 3 N–H and O–H groups in total. The van der Waals surface area contributed by atoms with Gasteiger partial charge in [0.1, 0.15) is 11.7 Å². The minimum absolute atomic E-state index is 0.118. The lowest BCUT2D eigenvalue weighted by Crippen LogP contribution is -2.30. The van der Waals surface area contributed by atoms with E-state index in [1.807, 2.05) is 0 Å². The summed E-state index contributed by atoms with van der Waals surface area (Å²) in [4.78, 5) is 2.18. The van der Waals surface area contributed by atoms with Crippen molar-refractivity contribution in [2.24, 2.45) is 5.73 Å². The number of nitrogens with zero attached hydrogens (tertiary/aromatic N) is 1. The highest BCUT2D eigenvalue weighted by molar-refractivity contribution is 5.96. The van der Waals surface area contributed by atoms with Crippen LogP contribution in [0.2, 0.25) is 0 Å². The van der Waals surface area contributed by atoms with E-state index in [9.17, 15) is 4.39 Å². The van der Waals surface area contributed by atoms with Crippen molar-refractivity contribution in [3.05, 3.63) is 35.1 Å². The molecule has 21 heavy (non-hydrogen) atoms. The number of nitrogen functional groups attached to an aromatic ring is 1. The van der Waals surface area contributed by atoms with Gasteiger partial charge in [-0.3, -0.25) is 10.3 Å². The smallest absolute Gasteiger partial charge is 0.123 e. The summed E-state index contributed by atoms with van der Waals surface area (Å²) in [5.74, 6) is -0.500. The quantitative estimate of drug-likeness (QED) is 0.391. The van der Waals surface area contributed by atoms with Gasteiger partial charge in [0.2, 0.25) is 0 Å². The second-order valence-corrected chi connectivity index (χ2v) is 4.83. The van der Waals surface area contributed by atoms with E-state index in [-0.39, 0.29) is 11.7 Å². The molecule has 0 spiro atoms. The van der Waals surface area contributed by atoms with Gasteiger partial charge in [-0.25, -0.2) is 4.39 Å². The molecule has 0 aromatic heterocycles. The molecule has 6 heteroatoms. The first-order valence-electron chi connectivity index (χ1n) is 6.91. The summed E-state index contributed by atoms with van der Waals surface area (Å²) < 4.78 is 23.5. The van der Waals surface area contributed by atoms with Gasteiger partial charge in [-0.2, -0.15) is 0 Å². The van der Waals surface area contributed by atoms with Crippen molar-refractivity contribution in [2.45, 2.75) is 13.0 Å². The number of halogens is 1. The SMILES string of the molecule is COCCCN(CCOC)Cc1ccc(F)cc1C(=N)N. The summed E-state index contributed by atoms with van der Waals surface area (Å²) in [5.41, 5.74) is 6.83. The van der Waals surface area contributed by atoms with Gasteiger partial charge in [-0.05, 0) is 24.1 Å². The fraction of sp³-hybridized carbons (Fsp3) is 0.533. The molecule has 0 saturated carbocycles. The third kappa shape index (κ3) is 6.20. The zero-order valence-electron chi connectivity index (χ0n) is 12.7. The second kappa shape index (κ2) is 9.44. The van der Waals surface area contributed by atoms with Crippen molar-refractivity contribution in [2.75, 3.05) is 40.5 Å². The van der Waals surface area contributed by atoms with Gasteiger partial charge in [0.05, 0.1) is 6.61 Å². The molecule has 0 amide bonds. The first-order chi connectivity index (χ1) is 10.1. The number of amidine groups is 1. The molecule has 5 nitrogen and oxygen atoms in total. The van der Waals surface area contributed by atoms with Crippen LogP contribution in [-0.4, -0.2) is 51.3 Å². The molecule has 1 rings (SSSR count). The van der Waals surface area contributed by atoms with Gasteiger partial charge in [-0.1, -0.05) is 6.07 Å². The van der Waals surface area contributed by atoms with Crippen molar-refractivity contribution in [3.8, 4) is 0 Å². The van der Waals surface area contributed by atoms with E-state index < -0.39 is 0 Å². The van der Waals surface area contributed by atoms with E-state index in [2.05, 4.69) is 4.90 Å². The maximum atomic E-state index is 13.3. The normalized spacial score (nSPS) is 11.0. The Bertz CT molecular complexity index is 455. The Kier molecular flexibility index (Phi) is 7.89. The molecule has 118 valence electrons. The molecule has 0 aliphatic rings. The molecule has 0 aliphatic carbocycles. The van der Waals surface area contributed by atoms with Crippen molar-refractivity contribution in [1.82, 2.24) is 4.90 Å². The topological polar surface area (TPSA) is 71.6 Å². The maximum absolute atomic E-state index is 13.3. The number of rotatable bonds is 10. The summed E-state index contributed by atoms with van der Waals surface area (Å²) in [7, 11) is 3.33. The summed E-state index contributed by atoms with van der Waals surface area (Å²) in [6.07, 6.45) is 0.900. The van der Waals surface area contributed by atoms with Crippen LogP contribution in [0.3, 0.4) is 0 Å². The molecule has 0 atom stereocenters. The lowest BCUT2D eigenvalue weighted by Gasteiger charge is -2.23. The Labute approximate surface area is 125 Å². The van der Waals surface area contributed by atoms with Crippen LogP contribution in [0.1, 0.15) is 17.5 Å². The zero-order chi connectivity index (χ0) is 15.7. The number of hydrogen-bond donors (Lipinski definition) is 2. The fourth-order valence-electron chi connectivity index (χ4n) is 2.10. The molecule has 0 saturated heterocycles. The number of ether oxygens (including phenoxy) is 2. The Morgan fingerprint density at radius 3 is 2.57 bits per heavy atom. The summed E-state index contributed by atoms with van der Waals surface area (Å²) in [6, 6.07) is 4.38. The molecule has 0 radical (unpaired) electrons. The van der Waals surface area contributed by atoms with Gasteiger partial charge < -0.3 is 15.2 Å². The van der Waals surface area contributed by atoms with Crippen LogP contribution in [0.25, 0.3) is 0 Å². The van der Waals surface area contributed by atoms with Crippen LogP contribution in [-0.2, 0) is 16.0 Å². The average Bonchev–Trinajstić information content (AvgIpc) is 2.46. The lowest BCUT2D eigenvalue weighted by atomic mass is 10.1. The first kappa shape index (κ1) is 17.6. The number of methoxy groups -OCH3 is 2. The van der Waals surface area contributed by atoms with Gasteiger partial charge in [-0.15, -0.1) is 0 Å². The zero-order valence-corrected chi connectivity index (χ0v) is 12.7. The van der Waals surface area contributed by atoms with E-state index in [0.717, 1.165) is 25.1 Å². The van der Waals surface area contributed by atoms with Crippen molar-refractivity contribution >= 4 is 5.84 Å². The van der Waals surface area contributed by atoms with Crippen molar-refractivity contribution < 1.29 is 13.9 Å². The third-order valence-corrected chi connectivity index (χ3v) is 3.19. The predicted molar refractivity (Wildman–Crippen MR) is 81.1 cm³/mol. The van der Waals surface area contributed by atoms with Gasteiger partial charge in [0.25, 0.3) is 0 Å². The molecule has 0 fully saturated rings. The van der Waals surface area contributed by atoms with Crippen molar-refractivity contribution in [3.63, 3.8) is 0 Å². The third-order valence-electron chi connectivity index (χ3n) is 3.19. The van der Waals surface area contributed by atoms with Gasteiger partial charge in [0, 0.05) is 46.0 Å². The molecular weight excluding hydrogens is 273 g/mol. The highest BCUT2D eigenvalue weighted by atomic mass is 19.1. The van der Waals surface area contributed by atoms with E-state index in [0.29, 0.717) is 25.3 Å². The Hall–Kier alpha value is -1.50. The molecule has 0 heterocycles. The fourth-order valence-corrected chi connectivity index (χ4v) is 2.10. The number of nitrogens with one attached hydrogen (secondary N) is 1. The van der Waals surface area contributed by atoms with E-state index in [4.69, 9.17) is 20.6 Å². The van der Waals surface area contributed by atoms with Crippen LogP contribution in [0.15, 0.2) is 18.2 Å². The summed E-state index contributed by atoms with van der Waals surface area (Å²) in [6.45, 7) is 3.50. The van der Waals surface area contributed by atoms with Crippen LogP contribution < -0.4 is 5.73 Å². The Balaban J connectivity index is 2.78. The molecule has 1 aromatic rings. The molecule has 0 unspecified atom stereocenters. The minimum atomic E-state index is -0.383. The van der Waals surface area contributed by atoms with Crippen LogP contribution >= 0.6 is 0 Å². The Morgan fingerprint density at radius 1 is 1.24 bits per heavy atom. The second-order valence-electron chi connectivity index (χ2n) is 4.83. The summed E-state index contributed by atoms with van der Waals surface area (Å²) in [5, 5.41) is 7.57.